The normalized spacial score (nSPS) is 13.2. The van der Waals surface area contributed by atoms with Gasteiger partial charge in [-0.2, -0.15) is 0 Å². The number of amides is 1. The topological polar surface area (TPSA) is 58.4 Å². The van der Waals surface area contributed by atoms with Crippen molar-refractivity contribution in [2.45, 2.75) is 31.1 Å². The van der Waals surface area contributed by atoms with Crippen LogP contribution in [0.4, 0.5) is 14.5 Å². The molecule has 32 heavy (non-hydrogen) atoms. The number of oxazole rings is 1. The molecule has 8 heteroatoms. The number of carbonyl (C=O) groups is 1. The summed E-state index contributed by atoms with van der Waals surface area (Å²) in [6.45, 7) is 4.26. The van der Waals surface area contributed by atoms with E-state index in [4.69, 9.17) is 4.42 Å². The van der Waals surface area contributed by atoms with Gasteiger partial charge in [-0.25, -0.2) is 13.8 Å². The third-order valence-electron chi connectivity index (χ3n) is 5.35. The Kier molecular flexibility index (Phi) is 7.09. The summed E-state index contributed by atoms with van der Waals surface area (Å²) in [5.74, 6) is -0.0535. The highest BCUT2D eigenvalue weighted by atomic mass is 32.2. The minimum Gasteiger partial charge on any atom is -0.444 e. The Labute approximate surface area is 190 Å². The molecule has 0 saturated heterocycles. The number of nitrogens with zero attached hydrogens (tertiary/aromatic N) is 2. The zero-order valence-corrected chi connectivity index (χ0v) is 18.7. The Balaban J connectivity index is 1.57. The number of carbonyl (C=O) groups excluding carboxylic acids is 1. The van der Waals surface area contributed by atoms with Gasteiger partial charge in [0.2, 0.25) is 5.89 Å². The van der Waals surface area contributed by atoms with E-state index in [0.717, 1.165) is 53.9 Å². The molecule has 0 radical (unpaired) electrons. The number of nitrogens with one attached hydrogen (secondary N) is 1. The lowest BCUT2D eigenvalue weighted by atomic mass is 10.1. The first kappa shape index (κ1) is 22.3. The molecular formula is C24H25F2N3O2S. The molecule has 1 aliphatic heterocycles. The summed E-state index contributed by atoms with van der Waals surface area (Å²) < 4.78 is 32.3. The van der Waals surface area contributed by atoms with Crippen molar-refractivity contribution in [1.29, 1.82) is 0 Å². The van der Waals surface area contributed by atoms with Crippen LogP contribution in [0.25, 0.3) is 11.5 Å². The molecule has 3 aromatic rings. The van der Waals surface area contributed by atoms with E-state index in [1.54, 1.807) is 24.0 Å². The number of aromatic nitrogens is 1. The van der Waals surface area contributed by atoms with E-state index in [9.17, 15) is 13.6 Å². The van der Waals surface area contributed by atoms with Crippen LogP contribution in [0.3, 0.4) is 0 Å². The van der Waals surface area contributed by atoms with Gasteiger partial charge in [0.15, 0.2) is 0 Å². The molecule has 1 aromatic heterocycles. The lowest BCUT2D eigenvalue weighted by Crippen LogP contribution is -2.31. The maximum Gasteiger partial charge on any atom is 0.251 e. The summed E-state index contributed by atoms with van der Waals surface area (Å²) in [5.41, 5.74) is 2.82. The number of benzene rings is 2. The third-order valence-corrected chi connectivity index (χ3v) is 6.45. The van der Waals surface area contributed by atoms with Crippen molar-refractivity contribution >= 4 is 23.4 Å². The Morgan fingerprint density at radius 1 is 1.22 bits per heavy atom. The molecule has 0 bridgehead atoms. The molecule has 1 aliphatic rings. The molecule has 0 atom stereocenters. The van der Waals surface area contributed by atoms with Gasteiger partial charge in [0.25, 0.3) is 5.91 Å². The van der Waals surface area contributed by atoms with Gasteiger partial charge >= 0.3 is 0 Å². The molecule has 168 valence electrons. The van der Waals surface area contributed by atoms with Crippen LogP contribution >= 0.6 is 11.8 Å². The molecule has 5 nitrogen and oxygen atoms in total. The molecule has 2 heterocycles. The number of hydrogen-bond donors (Lipinski definition) is 1. The van der Waals surface area contributed by atoms with E-state index >= 15 is 0 Å². The van der Waals surface area contributed by atoms with Gasteiger partial charge in [-0.1, -0.05) is 13.3 Å². The Morgan fingerprint density at radius 3 is 2.75 bits per heavy atom. The van der Waals surface area contributed by atoms with Crippen molar-refractivity contribution in [2.24, 2.45) is 0 Å². The molecule has 0 saturated carbocycles. The molecule has 0 fully saturated rings. The van der Waals surface area contributed by atoms with Gasteiger partial charge in [-0.05, 0) is 42.7 Å². The van der Waals surface area contributed by atoms with E-state index in [1.165, 1.54) is 18.4 Å². The molecule has 0 unspecified atom stereocenters. The highest BCUT2D eigenvalue weighted by Crippen LogP contribution is 2.42. The number of halogens is 2. The molecule has 1 N–H and O–H groups in total. The van der Waals surface area contributed by atoms with E-state index in [-0.39, 0.29) is 12.5 Å². The van der Waals surface area contributed by atoms with Crippen LogP contribution in [0, 0.1) is 11.6 Å². The molecule has 2 aromatic carbocycles. The van der Waals surface area contributed by atoms with Crippen LogP contribution < -0.4 is 10.2 Å². The number of fused-ring (bicyclic) bond motifs is 1. The van der Waals surface area contributed by atoms with E-state index in [1.807, 2.05) is 6.07 Å². The van der Waals surface area contributed by atoms with Crippen molar-refractivity contribution in [3.8, 4) is 11.5 Å². The highest BCUT2D eigenvalue weighted by Gasteiger charge is 2.25. The second kappa shape index (κ2) is 10.2. The smallest absolute Gasteiger partial charge is 0.251 e. The van der Waals surface area contributed by atoms with Gasteiger partial charge in [0.05, 0.1) is 17.4 Å². The van der Waals surface area contributed by atoms with Crippen molar-refractivity contribution in [1.82, 2.24) is 10.3 Å². The van der Waals surface area contributed by atoms with Gasteiger partial charge in [-0.3, -0.25) is 4.79 Å². The summed E-state index contributed by atoms with van der Waals surface area (Å²) in [6.07, 6.45) is 5.60. The van der Waals surface area contributed by atoms with Gasteiger partial charge in [0, 0.05) is 41.9 Å². The summed E-state index contributed by atoms with van der Waals surface area (Å²) >= 11 is 1.74. The Bertz CT molecular complexity index is 1070. The fraction of sp³-hybridized carbons (Fsp3) is 0.333. The van der Waals surface area contributed by atoms with Crippen molar-refractivity contribution < 1.29 is 18.0 Å². The Hall–Kier alpha value is -2.87. The first-order chi connectivity index (χ1) is 15.5. The average molecular weight is 458 g/mol. The minimum absolute atomic E-state index is 0.247. The molecule has 0 spiro atoms. The van der Waals surface area contributed by atoms with Gasteiger partial charge < -0.3 is 14.6 Å². The lowest BCUT2D eigenvalue weighted by Gasteiger charge is -2.32. The largest absolute Gasteiger partial charge is 0.444 e. The van der Waals surface area contributed by atoms with Gasteiger partial charge in [0.1, 0.15) is 17.9 Å². The maximum atomic E-state index is 13.4. The monoisotopic (exact) mass is 457 g/mol. The molecule has 1 amide bonds. The minimum atomic E-state index is -0.624. The zero-order chi connectivity index (χ0) is 22.5. The fourth-order valence-electron chi connectivity index (χ4n) is 3.78. The van der Waals surface area contributed by atoms with Gasteiger partial charge in [-0.15, -0.1) is 11.8 Å². The molecular weight excluding hydrogens is 432 g/mol. The maximum absolute atomic E-state index is 13.4. The summed E-state index contributed by atoms with van der Waals surface area (Å²) in [4.78, 5) is 20.6. The number of hydrogen-bond acceptors (Lipinski definition) is 5. The summed E-state index contributed by atoms with van der Waals surface area (Å²) in [7, 11) is 0. The van der Waals surface area contributed by atoms with E-state index < -0.39 is 11.6 Å². The second-order valence-electron chi connectivity index (χ2n) is 7.68. The molecule has 0 aliphatic carbocycles. The van der Waals surface area contributed by atoms with Crippen molar-refractivity contribution in [2.75, 3.05) is 30.3 Å². The van der Waals surface area contributed by atoms with Crippen LogP contribution in [-0.2, 0) is 6.42 Å². The van der Waals surface area contributed by atoms with E-state index in [2.05, 4.69) is 22.1 Å². The van der Waals surface area contributed by atoms with Crippen LogP contribution in [0.15, 0.2) is 52.1 Å². The average Bonchev–Trinajstić information content (AvgIpc) is 3.31. The SMILES string of the molecule is CCCCN1CCSc2c(-c3ncco3)cc(C(=O)NCCc3cc(F)cc(F)c3)cc21. The number of thioether (sulfide) groups is 1. The Morgan fingerprint density at radius 2 is 2.03 bits per heavy atom. The summed E-state index contributed by atoms with van der Waals surface area (Å²) in [5, 5.41) is 2.86. The number of rotatable bonds is 8. The van der Waals surface area contributed by atoms with Crippen molar-refractivity contribution in [3.05, 3.63) is 65.6 Å². The van der Waals surface area contributed by atoms with Crippen LogP contribution in [0.5, 0.6) is 0 Å². The quantitative estimate of drug-likeness (QED) is 0.497. The second-order valence-corrected chi connectivity index (χ2v) is 8.79. The first-order valence-electron chi connectivity index (χ1n) is 10.7. The van der Waals surface area contributed by atoms with Crippen molar-refractivity contribution in [3.63, 3.8) is 0 Å². The fourth-order valence-corrected chi connectivity index (χ4v) is 4.94. The van der Waals surface area contributed by atoms with E-state index in [0.29, 0.717) is 23.4 Å². The summed E-state index contributed by atoms with van der Waals surface area (Å²) in [6, 6.07) is 7.11. The number of unbranched alkanes of at least 4 members (excludes halogenated alkanes) is 1. The predicted molar refractivity (Wildman–Crippen MR) is 122 cm³/mol. The molecule has 4 rings (SSSR count). The lowest BCUT2D eigenvalue weighted by molar-refractivity contribution is 0.0954. The standard InChI is InChI=1S/C24H25F2N3O2S/c1-2-3-7-29-8-10-32-22-20(24-28-6-9-31-24)13-17(14-21(22)29)23(30)27-5-4-16-11-18(25)15-19(26)12-16/h6,9,11-15H,2-5,7-8,10H2,1H3,(H,27,30). The zero-order valence-electron chi connectivity index (χ0n) is 17.9. The highest BCUT2D eigenvalue weighted by molar-refractivity contribution is 7.99. The first-order valence-corrected chi connectivity index (χ1v) is 11.7. The number of anilines is 1. The third kappa shape index (κ3) is 5.12. The van der Waals surface area contributed by atoms with Crippen LogP contribution in [-0.4, -0.2) is 36.3 Å². The predicted octanol–water partition coefficient (Wildman–Crippen LogP) is 5.30. The van der Waals surface area contributed by atoms with Crippen LogP contribution in [0.1, 0.15) is 35.7 Å². The van der Waals surface area contributed by atoms with Crippen LogP contribution in [0.2, 0.25) is 0 Å².